The number of amides is 2. The van der Waals surface area contributed by atoms with Crippen molar-refractivity contribution in [2.75, 3.05) is 6.54 Å². The maximum atomic E-state index is 13.1. The van der Waals surface area contributed by atoms with Crippen LogP contribution in [0.15, 0.2) is 42.5 Å². The first-order valence-corrected chi connectivity index (χ1v) is 10.7. The standard InChI is InChI=1S/C22H25Cl3N2O2/c1-3-4-11-26-22(29)15(2)27(14-18-19(24)9-6-10-20(18)25)21(28)13-16-7-5-8-17(23)12-16/h5-10,12,15H,3-4,11,13-14H2,1-2H3,(H,26,29)/t15-/m0/s1. The number of hydrogen-bond acceptors (Lipinski definition) is 2. The van der Waals surface area contributed by atoms with E-state index in [1.54, 1.807) is 43.3 Å². The average molecular weight is 456 g/mol. The molecule has 0 aliphatic heterocycles. The number of nitrogens with one attached hydrogen (secondary N) is 1. The molecule has 2 aromatic rings. The molecule has 4 nitrogen and oxygen atoms in total. The Bertz CT molecular complexity index is 837. The summed E-state index contributed by atoms with van der Waals surface area (Å²) in [5, 5.41) is 4.35. The molecule has 1 atom stereocenters. The summed E-state index contributed by atoms with van der Waals surface area (Å²) in [4.78, 5) is 27.3. The molecule has 156 valence electrons. The van der Waals surface area contributed by atoms with Crippen molar-refractivity contribution in [1.82, 2.24) is 10.2 Å². The van der Waals surface area contributed by atoms with Gasteiger partial charge in [0.1, 0.15) is 6.04 Å². The molecule has 7 heteroatoms. The predicted octanol–water partition coefficient (Wildman–Crippen LogP) is 5.52. The van der Waals surface area contributed by atoms with Gasteiger partial charge in [0, 0.05) is 33.7 Å². The zero-order valence-corrected chi connectivity index (χ0v) is 18.8. The van der Waals surface area contributed by atoms with Gasteiger partial charge in [0.25, 0.3) is 0 Å². The number of carbonyl (C=O) groups is 2. The van der Waals surface area contributed by atoms with E-state index < -0.39 is 6.04 Å². The fourth-order valence-corrected chi connectivity index (χ4v) is 3.63. The van der Waals surface area contributed by atoms with Gasteiger partial charge in [0.05, 0.1) is 6.42 Å². The minimum absolute atomic E-state index is 0.120. The quantitative estimate of drug-likeness (QED) is 0.506. The molecule has 2 rings (SSSR count). The van der Waals surface area contributed by atoms with Crippen LogP contribution in [0.1, 0.15) is 37.8 Å². The van der Waals surface area contributed by atoms with E-state index in [1.807, 2.05) is 6.07 Å². The van der Waals surface area contributed by atoms with Crippen molar-refractivity contribution in [3.63, 3.8) is 0 Å². The van der Waals surface area contributed by atoms with Crippen LogP contribution in [0.25, 0.3) is 0 Å². The van der Waals surface area contributed by atoms with Gasteiger partial charge >= 0.3 is 0 Å². The Labute approximate surface area is 187 Å². The molecule has 1 N–H and O–H groups in total. The van der Waals surface area contributed by atoms with Gasteiger partial charge in [-0.3, -0.25) is 9.59 Å². The van der Waals surface area contributed by atoms with Crippen LogP contribution in [0.5, 0.6) is 0 Å². The molecule has 0 fully saturated rings. The van der Waals surface area contributed by atoms with Gasteiger partial charge in [-0.1, -0.05) is 66.3 Å². The smallest absolute Gasteiger partial charge is 0.242 e. The summed E-state index contributed by atoms with van der Waals surface area (Å²) >= 11 is 18.7. The Kier molecular flexibility index (Phi) is 9.28. The molecule has 0 aromatic heterocycles. The lowest BCUT2D eigenvalue weighted by Gasteiger charge is -2.29. The van der Waals surface area contributed by atoms with E-state index >= 15 is 0 Å². The highest BCUT2D eigenvalue weighted by Gasteiger charge is 2.27. The summed E-state index contributed by atoms with van der Waals surface area (Å²) in [6.07, 6.45) is 1.97. The molecule has 29 heavy (non-hydrogen) atoms. The van der Waals surface area contributed by atoms with E-state index in [-0.39, 0.29) is 24.8 Å². The molecule has 2 amide bonds. The second-order valence-corrected chi connectivity index (χ2v) is 8.10. The fourth-order valence-electron chi connectivity index (χ4n) is 2.90. The zero-order chi connectivity index (χ0) is 21.4. The zero-order valence-electron chi connectivity index (χ0n) is 16.6. The monoisotopic (exact) mass is 454 g/mol. The van der Waals surface area contributed by atoms with Gasteiger partial charge < -0.3 is 10.2 Å². The van der Waals surface area contributed by atoms with Crippen molar-refractivity contribution < 1.29 is 9.59 Å². The Morgan fingerprint density at radius 2 is 1.72 bits per heavy atom. The lowest BCUT2D eigenvalue weighted by Crippen LogP contribution is -2.48. The number of rotatable bonds is 9. The van der Waals surface area contributed by atoms with Gasteiger partial charge in [-0.15, -0.1) is 0 Å². The lowest BCUT2D eigenvalue weighted by molar-refractivity contribution is -0.140. The van der Waals surface area contributed by atoms with Crippen molar-refractivity contribution in [3.8, 4) is 0 Å². The molecule has 0 unspecified atom stereocenters. The van der Waals surface area contributed by atoms with Gasteiger partial charge in [0.15, 0.2) is 0 Å². The molecule has 0 radical (unpaired) electrons. The minimum Gasteiger partial charge on any atom is -0.354 e. The Morgan fingerprint density at radius 3 is 2.34 bits per heavy atom. The number of halogens is 3. The number of unbranched alkanes of at least 4 members (excludes halogenated alkanes) is 1. The molecule has 0 bridgehead atoms. The maximum Gasteiger partial charge on any atom is 0.242 e. The summed E-state index contributed by atoms with van der Waals surface area (Å²) in [5.41, 5.74) is 1.39. The normalized spacial score (nSPS) is 11.8. The molecule has 0 saturated heterocycles. The molecule has 2 aromatic carbocycles. The molecule has 0 aliphatic rings. The second kappa shape index (κ2) is 11.4. The second-order valence-electron chi connectivity index (χ2n) is 6.85. The first kappa shape index (κ1) is 23.5. The van der Waals surface area contributed by atoms with Crippen molar-refractivity contribution in [2.24, 2.45) is 0 Å². The maximum absolute atomic E-state index is 13.1. The van der Waals surface area contributed by atoms with E-state index in [4.69, 9.17) is 34.8 Å². The average Bonchev–Trinajstić information content (AvgIpc) is 2.67. The van der Waals surface area contributed by atoms with E-state index in [2.05, 4.69) is 12.2 Å². The number of hydrogen-bond donors (Lipinski definition) is 1. The van der Waals surface area contributed by atoms with E-state index in [1.165, 1.54) is 4.90 Å². The summed E-state index contributed by atoms with van der Waals surface area (Å²) in [6, 6.07) is 11.6. The summed E-state index contributed by atoms with van der Waals surface area (Å²) in [6.45, 7) is 4.47. The van der Waals surface area contributed by atoms with Crippen LogP contribution in [0.4, 0.5) is 0 Å². The molecular formula is C22H25Cl3N2O2. The fraction of sp³-hybridized carbons (Fsp3) is 0.364. The third kappa shape index (κ3) is 6.91. The predicted molar refractivity (Wildman–Crippen MR) is 120 cm³/mol. The van der Waals surface area contributed by atoms with Gasteiger partial charge in [-0.05, 0) is 43.2 Å². The topological polar surface area (TPSA) is 49.4 Å². The minimum atomic E-state index is -0.675. The first-order chi connectivity index (χ1) is 13.8. The third-order valence-corrected chi connectivity index (χ3v) is 5.57. The Hall–Kier alpha value is -1.75. The molecule has 0 aliphatic carbocycles. The number of carbonyl (C=O) groups excluding carboxylic acids is 2. The highest BCUT2D eigenvalue weighted by Crippen LogP contribution is 2.27. The Balaban J connectivity index is 2.26. The van der Waals surface area contributed by atoms with Gasteiger partial charge in [0.2, 0.25) is 11.8 Å². The van der Waals surface area contributed by atoms with E-state index in [0.29, 0.717) is 27.2 Å². The van der Waals surface area contributed by atoms with Crippen LogP contribution in [-0.4, -0.2) is 29.3 Å². The SMILES string of the molecule is CCCCNC(=O)[C@H](C)N(Cc1c(Cl)cccc1Cl)C(=O)Cc1cccc(Cl)c1. The van der Waals surface area contributed by atoms with Crippen molar-refractivity contribution in [2.45, 2.75) is 45.7 Å². The molecule has 0 saturated carbocycles. The van der Waals surface area contributed by atoms with Crippen LogP contribution in [-0.2, 0) is 22.6 Å². The van der Waals surface area contributed by atoms with Gasteiger partial charge in [-0.25, -0.2) is 0 Å². The Morgan fingerprint density at radius 1 is 1.07 bits per heavy atom. The van der Waals surface area contributed by atoms with Crippen LogP contribution in [0.2, 0.25) is 15.1 Å². The lowest BCUT2D eigenvalue weighted by atomic mass is 10.1. The summed E-state index contributed by atoms with van der Waals surface area (Å²) < 4.78 is 0. The van der Waals surface area contributed by atoms with Crippen molar-refractivity contribution in [1.29, 1.82) is 0 Å². The third-order valence-electron chi connectivity index (χ3n) is 4.63. The van der Waals surface area contributed by atoms with Crippen LogP contribution in [0, 0.1) is 0 Å². The van der Waals surface area contributed by atoms with Crippen molar-refractivity contribution >= 4 is 46.6 Å². The van der Waals surface area contributed by atoms with Crippen LogP contribution < -0.4 is 5.32 Å². The van der Waals surface area contributed by atoms with E-state index in [0.717, 1.165) is 18.4 Å². The van der Waals surface area contributed by atoms with Crippen LogP contribution in [0.3, 0.4) is 0 Å². The largest absolute Gasteiger partial charge is 0.354 e. The summed E-state index contributed by atoms with van der Waals surface area (Å²) in [7, 11) is 0. The number of nitrogens with zero attached hydrogens (tertiary/aromatic N) is 1. The molecule has 0 heterocycles. The highest BCUT2D eigenvalue weighted by molar-refractivity contribution is 6.36. The van der Waals surface area contributed by atoms with Gasteiger partial charge in [-0.2, -0.15) is 0 Å². The van der Waals surface area contributed by atoms with Crippen LogP contribution >= 0.6 is 34.8 Å². The number of benzene rings is 2. The molecular weight excluding hydrogens is 431 g/mol. The first-order valence-electron chi connectivity index (χ1n) is 9.58. The van der Waals surface area contributed by atoms with Crippen molar-refractivity contribution in [3.05, 3.63) is 68.7 Å². The molecule has 0 spiro atoms. The van der Waals surface area contributed by atoms with E-state index in [9.17, 15) is 9.59 Å². The highest BCUT2D eigenvalue weighted by atomic mass is 35.5. The summed E-state index contributed by atoms with van der Waals surface area (Å²) in [5.74, 6) is -0.414.